The molecule has 0 radical (unpaired) electrons. The van der Waals surface area contributed by atoms with Gasteiger partial charge in [0.1, 0.15) is 11.9 Å². The molecule has 17 heavy (non-hydrogen) atoms. The summed E-state index contributed by atoms with van der Waals surface area (Å²) in [5.41, 5.74) is 2.71. The van der Waals surface area contributed by atoms with Gasteiger partial charge in [0.2, 0.25) is 0 Å². The maximum Gasteiger partial charge on any atom is 0.107 e. The van der Waals surface area contributed by atoms with Crippen molar-refractivity contribution in [2.45, 2.75) is 13.3 Å². The van der Waals surface area contributed by atoms with Gasteiger partial charge in [-0.05, 0) is 24.6 Å². The Balaban J connectivity index is 1.99. The first-order valence-corrected chi connectivity index (χ1v) is 5.52. The molecule has 0 saturated heterocycles. The third kappa shape index (κ3) is 2.85. The first-order valence-electron chi connectivity index (χ1n) is 5.52. The number of nitrogens with one attached hydrogen (secondary N) is 2. The molecule has 2 rings (SSSR count). The largest absolute Gasteiger partial charge is 0.384 e. The Morgan fingerprint density at radius 1 is 1.47 bits per heavy atom. The van der Waals surface area contributed by atoms with Crippen LogP contribution in [0.5, 0.6) is 0 Å². The van der Waals surface area contributed by atoms with Gasteiger partial charge >= 0.3 is 0 Å². The van der Waals surface area contributed by atoms with Gasteiger partial charge in [-0.25, -0.2) is 4.98 Å². The first kappa shape index (κ1) is 11.2. The lowest BCUT2D eigenvalue weighted by molar-refractivity contribution is 0.927. The summed E-state index contributed by atoms with van der Waals surface area (Å²) in [5, 5.41) is 12.2. The molecule has 0 aliphatic carbocycles. The fourth-order valence-electron chi connectivity index (χ4n) is 1.65. The molecule has 4 heteroatoms. The average molecular weight is 226 g/mol. The number of rotatable bonds is 4. The molecule has 0 spiro atoms. The third-order valence-corrected chi connectivity index (χ3v) is 2.53. The van der Waals surface area contributed by atoms with Crippen LogP contribution in [0.3, 0.4) is 0 Å². The van der Waals surface area contributed by atoms with Crippen molar-refractivity contribution < 1.29 is 0 Å². The van der Waals surface area contributed by atoms with Gasteiger partial charge in [0.15, 0.2) is 0 Å². The number of H-pyrrole nitrogens is 1. The van der Waals surface area contributed by atoms with Crippen LogP contribution in [-0.4, -0.2) is 16.5 Å². The van der Waals surface area contributed by atoms with Gasteiger partial charge in [-0.3, -0.25) is 0 Å². The number of imidazole rings is 1. The van der Waals surface area contributed by atoms with Gasteiger partial charge in [-0.15, -0.1) is 0 Å². The maximum absolute atomic E-state index is 8.98. The number of aryl methyl sites for hydroxylation is 1. The van der Waals surface area contributed by atoms with Gasteiger partial charge in [0.25, 0.3) is 0 Å². The van der Waals surface area contributed by atoms with E-state index < -0.39 is 0 Å². The fraction of sp³-hybridized carbons (Fsp3) is 0.231. The molecule has 1 aromatic carbocycles. The van der Waals surface area contributed by atoms with Crippen LogP contribution >= 0.6 is 0 Å². The van der Waals surface area contributed by atoms with E-state index in [9.17, 15) is 0 Å². The highest BCUT2D eigenvalue weighted by molar-refractivity contribution is 5.58. The number of aromatic amines is 1. The Kier molecular flexibility index (Phi) is 3.41. The number of nitrogens with zero attached hydrogens (tertiary/aromatic N) is 2. The van der Waals surface area contributed by atoms with E-state index in [1.807, 2.05) is 31.3 Å². The molecule has 86 valence electrons. The van der Waals surface area contributed by atoms with Crippen LogP contribution in [0.1, 0.15) is 17.0 Å². The second kappa shape index (κ2) is 5.17. The van der Waals surface area contributed by atoms with E-state index in [2.05, 4.69) is 21.4 Å². The molecule has 0 unspecified atom stereocenters. The molecular weight excluding hydrogens is 212 g/mol. The summed E-state index contributed by atoms with van der Waals surface area (Å²) < 4.78 is 0. The zero-order chi connectivity index (χ0) is 12.1. The van der Waals surface area contributed by atoms with Crippen molar-refractivity contribution >= 4 is 5.69 Å². The van der Waals surface area contributed by atoms with E-state index in [4.69, 9.17) is 5.26 Å². The molecule has 0 bridgehead atoms. The number of benzene rings is 1. The minimum absolute atomic E-state index is 0.676. The minimum Gasteiger partial charge on any atom is -0.384 e. The Morgan fingerprint density at radius 3 is 3.06 bits per heavy atom. The Hall–Kier alpha value is -2.28. The van der Waals surface area contributed by atoms with Crippen molar-refractivity contribution in [2.24, 2.45) is 0 Å². The smallest absolute Gasteiger partial charge is 0.107 e. The Morgan fingerprint density at radius 2 is 2.35 bits per heavy atom. The Bertz CT molecular complexity index is 523. The zero-order valence-electron chi connectivity index (χ0n) is 9.70. The van der Waals surface area contributed by atoms with Crippen LogP contribution in [0.25, 0.3) is 0 Å². The molecule has 0 aliphatic rings. The first-order chi connectivity index (χ1) is 8.29. The number of nitriles is 1. The molecule has 0 atom stereocenters. The predicted octanol–water partition coefficient (Wildman–Crippen LogP) is 2.24. The van der Waals surface area contributed by atoms with Crippen molar-refractivity contribution in [1.29, 1.82) is 5.26 Å². The lowest BCUT2D eigenvalue weighted by Gasteiger charge is -2.08. The molecule has 0 saturated carbocycles. The van der Waals surface area contributed by atoms with Crippen molar-refractivity contribution in [3.05, 3.63) is 47.5 Å². The topological polar surface area (TPSA) is 64.5 Å². The zero-order valence-corrected chi connectivity index (χ0v) is 9.70. The molecule has 2 N–H and O–H groups in total. The number of hydrogen-bond acceptors (Lipinski definition) is 3. The monoisotopic (exact) mass is 226 g/mol. The molecular formula is C13H14N4. The maximum atomic E-state index is 8.98. The van der Waals surface area contributed by atoms with Crippen LogP contribution in [0, 0.1) is 18.3 Å². The van der Waals surface area contributed by atoms with Gasteiger partial charge in [-0.2, -0.15) is 5.26 Å². The lowest BCUT2D eigenvalue weighted by Crippen LogP contribution is -2.07. The van der Waals surface area contributed by atoms with Gasteiger partial charge in [-0.1, -0.05) is 6.07 Å². The van der Waals surface area contributed by atoms with E-state index in [1.54, 1.807) is 6.20 Å². The normalized spacial score (nSPS) is 9.88. The molecule has 1 aromatic heterocycles. The van der Waals surface area contributed by atoms with Crippen molar-refractivity contribution in [3.8, 4) is 6.07 Å². The van der Waals surface area contributed by atoms with E-state index in [-0.39, 0.29) is 0 Å². The predicted molar refractivity (Wildman–Crippen MR) is 66.7 cm³/mol. The SMILES string of the molecule is Cc1ccc(C#N)c(NCCc2ncc[nH]2)c1. The van der Waals surface area contributed by atoms with Gasteiger partial charge in [0, 0.05) is 25.4 Å². The summed E-state index contributed by atoms with van der Waals surface area (Å²) in [6.45, 7) is 2.77. The molecule has 0 fully saturated rings. The molecule has 4 nitrogen and oxygen atoms in total. The van der Waals surface area contributed by atoms with E-state index >= 15 is 0 Å². The number of anilines is 1. The summed E-state index contributed by atoms with van der Waals surface area (Å²) in [4.78, 5) is 7.19. The van der Waals surface area contributed by atoms with E-state index in [0.29, 0.717) is 5.56 Å². The van der Waals surface area contributed by atoms with Crippen LogP contribution in [0.4, 0.5) is 5.69 Å². The van der Waals surface area contributed by atoms with Crippen molar-refractivity contribution in [2.75, 3.05) is 11.9 Å². The Labute approximate surface area is 100 Å². The summed E-state index contributed by atoms with van der Waals surface area (Å²) in [6, 6.07) is 7.95. The number of hydrogen-bond donors (Lipinski definition) is 2. The summed E-state index contributed by atoms with van der Waals surface area (Å²) >= 11 is 0. The number of aromatic nitrogens is 2. The van der Waals surface area contributed by atoms with Gasteiger partial charge < -0.3 is 10.3 Å². The van der Waals surface area contributed by atoms with Gasteiger partial charge in [0.05, 0.1) is 11.3 Å². The van der Waals surface area contributed by atoms with Crippen LogP contribution in [0.2, 0.25) is 0 Å². The second-order valence-electron chi connectivity index (χ2n) is 3.87. The second-order valence-corrected chi connectivity index (χ2v) is 3.87. The van der Waals surface area contributed by atoms with Crippen LogP contribution in [-0.2, 0) is 6.42 Å². The highest BCUT2D eigenvalue weighted by Crippen LogP contribution is 2.16. The fourth-order valence-corrected chi connectivity index (χ4v) is 1.65. The third-order valence-electron chi connectivity index (χ3n) is 2.53. The van der Waals surface area contributed by atoms with E-state index in [0.717, 1.165) is 30.0 Å². The molecule has 1 heterocycles. The summed E-state index contributed by atoms with van der Waals surface area (Å²) in [6.07, 6.45) is 4.36. The summed E-state index contributed by atoms with van der Waals surface area (Å²) in [5.74, 6) is 0.948. The minimum atomic E-state index is 0.676. The quantitative estimate of drug-likeness (QED) is 0.840. The van der Waals surface area contributed by atoms with Crippen molar-refractivity contribution in [1.82, 2.24) is 9.97 Å². The highest BCUT2D eigenvalue weighted by atomic mass is 14.9. The highest BCUT2D eigenvalue weighted by Gasteiger charge is 2.02. The van der Waals surface area contributed by atoms with E-state index in [1.165, 1.54) is 0 Å². The lowest BCUT2D eigenvalue weighted by atomic mass is 10.1. The van der Waals surface area contributed by atoms with Crippen LogP contribution in [0.15, 0.2) is 30.6 Å². The van der Waals surface area contributed by atoms with Crippen LogP contribution < -0.4 is 5.32 Å². The summed E-state index contributed by atoms with van der Waals surface area (Å²) in [7, 11) is 0. The average Bonchev–Trinajstić information content (AvgIpc) is 2.82. The van der Waals surface area contributed by atoms with Crippen molar-refractivity contribution in [3.63, 3.8) is 0 Å². The standard InChI is InChI=1S/C13H14N4/c1-10-2-3-11(9-14)12(8-10)15-5-4-13-16-6-7-17-13/h2-3,6-8,15H,4-5H2,1H3,(H,16,17). The molecule has 2 aromatic rings. The molecule has 0 aliphatic heterocycles. The molecule has 0 amide bonds.